The maximum Gasteiger partial charge on any atom is 0.331 e. The molecule has 0 fully saturated rings. The minimum absolute atomic E-state index is 0.00336. The molecule has 0 atom stereocenters. The van der Waals surface area contributed by atoms with E-state index >= 15 is 0 Å². The van der Waals surface area contributed by atoms with Crippen LogP contribution in [0.5, 0.6) is 23.0 Å². The highest BCUT2D eigenvalue weighted by Gasteiger charge is 2.28. The van der Waals surface area contributed by atoms with Gasteiger partial charge in [0.1, 0.15) is 23.0 Å². The van der Waals surface area contributed by atoms with Crippen molar-refractivity contribution in [3.05, 3.63) is 164 Å². The number of benzene rings is 4. The van der Waals surface area contributed by atoms with Crippen LogP contribution in [0, 0.1) is 0 Å². The van der Waals surface area contributed by atoms with Gasteiger partial charge in [-0.05, 0) is 139 Å². The second-order valence-corrected chi connectivity index (χ2v) is 25.7. The molecule has 0 saturated heterocycles. The largest absolute Gasteiger partial charge is 0.493 e. The number of unbranched alkanes of at least 4 members (excludes halogenated alkanes) is 8. The van der Waals surface area contributed by atoms with Crippen LogP contribution in [0.25, 0.3) is 0 Å². The van der Waals surface area contributed by atoms with Gasteiger partial charge >= 0.3 is 41.8 Å². The second-order valence-electron chi connectivity index (χ2n) is 25.7. The summed E-state index contributed by atoms with van der Waals surface area (Å²) in [5.41, 5.74) is 5.32. The molecule has 0 N–H and O–H groups in total. The summed E-state index contributed by atoms with van der Waals surface area (Å²) in [7, 11) is 0. The molecule has 0 aromatic heterocycles. The standard InChI is InChI=1S/C85H108O22/c1-9-17-21-29-71(86)59-47-63-55-65-49-60(72(87)30-22-18-10-2)51-67(83(65)105-44-26-40-101-79(94)36-33-76(91)97-14-6)57-69-53-62(74(89)32-24-20-12-4)54-70(85(69)107-46-28-42-103-81(96)38-35-78(93)99-16-8)58-68-52-61(73(88)31-23-19-11-3)50-66(56-64(48-59)82(63)104-43-25-39-100-75(90)13-5)84(68)106-45-27-41-102-80(95)37-34-77(92)98-15-7/h13,33-38,47-54H,5,9-12,14-32,39-46,55-58H2,1-4,6-8H3/b36-33-,37-34-,38-35-. The number of esters is 7. The first-order valence-electron chi connectivity index (χ1n) is 37.9. The molecule has 0 radical (unpaired) electrons. The highest BCUT2D eigenvalue weighted by atomic mass is 16.6. The van der Waals surface area contributed by atoms with E-state index in [-0.39, 0.29) is 173 Å². The zero-order valence-electron chi connectivity index (χ0n) is 63.6. The Labute approximate surface area is 629 Å². The van der Waals surface area contributed by atoms with Gasteiger partial charge in [-0.3, -0.25) is 19.2 Å². The van der Waals surface area contributed by atoms with E-state index in [0.29, 0.717) is 115 Å². The monoisotopic (exact) mass is 1480 g/mol. The molecule has 0 amide bonds. The fraction of sp³-hybridized carbons (Fsp3) is 0.494. The Morgan fingerprint density at radius 3 is 0.654 bits per heavy atom. The average Bonchev–Trinajstić information content (AvgIpc) is 0.775. The molecule has 4 aromatic rings. The van der Waals surface area contributed by atoms with Gasteiger partial charge in [0, 0.05) is 142 Å². The van der Waals surface area contributed by atoms with E-state index in [2.05, 4.69) is 6.58 Å². The summed E-state index contributed by atoms with van der Waals surface area (Å²) in [6, 6.07) is 14.2. The Morgan fingerprint density at radius 2 is 0.467 bits per heavy atom. The van der Waals surface area contributed by atoms with Crippen LogP contribution >= 0.6 is 0 Å². The number of hydrogen-bond acceptors (Lipinski definition) is 22. The molecule has 1 aliphatic carbocycles. The van der Waals surface area contributed by atoms with Crippen LogP contribution in [-0.4, -0.2) is 138 Å². The van der Waals surface area contributed by atoms with E-state index in [4.69, 9.17) is 52.1 Å². The minimum Gasteiger partial charge on any atom is -0.493 e. The predicted octanol–water partition coefficient (Wildman–Crippen LogP) is 15.2. The van der Waals surface area contributed by atoms with E-state index in [0.717, 1.165) is 93.9 Å². The molecule has 0 aliphatic heterocycles. The number of Topliss-reactive ketones (excluding diaryl/α,β-unsaturated/α-hetero) is 4. The maximum atomic E-state index is 14.9. The molecule has 1 aliphatic rings. The van der Waals surface area contributed by atoms with E-state index in [1.807, 2.05) is 27.7 Å². The van der Waals surface area contributed by atoms with Crippen molar-refractivity contribution < 1.29 is 105 Å². The average molecular weight is 1480 g/mol. The van der Waals surface area contributed by atoms with Gasteiger partial charge in [0.15, 0.2) is 23.1 Å². The Morgan fingerprint density at radius 1 is 0.271 bits per heavy atom. The Balaban J connectivity index is 1.96. The summed E-state index contributed by atoms with van der Waals surface area (Å²) in [4.78, 5) is 147. The molecular weight excluding hydrogens is 1370 g/mol. The molecule has 107 heavy (non-hydrogen) atoms. The first-order chi connectivity index (χ1) is 51.8. The number of rotatable bonds is 50. The van der Waals surface area contributed by atoms with Crippen molar-refractivity contribution in [3.8, 4) is 23.0 Å². The lowest BCUT2D eigenvalue weighted by molar-refractivity contribution is -0.140. The normalized spacial score (nSPS) is 11.7. The lowest BCUT2D eigenvalue weighted by Crippen LogP contribution is -2.15. The maximum absolute atomic E-state index is 14.9. The van der Waals surface area contributed by atoms with E-state index in [1.165, 1.54) is 0 Å². The molecule has 0 saturated carbocycles. The first-order valence-corrected chi connectivity index (χ1v) is 37.9. The zero-order valence-corrected chi connectivity index (χ0v) is 63.6. The summed E-state index contributed by atoms with van der Waals surface area (Å²) in [5.74, 6) is -4.48. The van der Waals surface area contributed by atoms with Crippen molar-refractivity contribution in [3.63, 3.8) is 0 Å². The van der Waals surface area contributed by atoms with Crippen LogP contribution in [-0.2, 0) is 92.4 Å². The molecule has 0 unspecified atom stereocenters. The van der Waals surface area contributed by atoms with Gasteiger partial charge in [-0.2, -0.15) is 0 Å². The molecule has 8 bridgehead atoms. The predicted molar refractivity (Wildman–Crippen MR) is 403 cm³/mol. The third-order valence-electron chi connectivity index (χ3n) is 17.0. The van der Waals surface area contributed by atoms with Crippen LogP contribution < -0.4 is 18.9 Å². The molecule has 5 rings (SSSR count). The van der Waals surface area contributed by atoms with Gasteiger partial charge in [-0.15, -0.1) is 0 Å². The summed E-state index contributed by atoms with van der Waals surface area (Å²) in [6.07, 6.45) is 17.1. The molecule has 580 valence electrons. The third kappa shape index (κ3) is 31.5. The van der Waals surface area contributed by atoms with E-state index < -0.39 is 41.8 Å². The zero-order chi connectivity index (χ0) is 77.7. The SMILES string of the molecule is C=CC(=O)OCCCOc1c2cc(C(=O)CCCCC)cc1Cc1cc(C(=O)CCCCC)cc(c1OCCCOC(=O)/C=C\C(=O)OCC)Cc1cc(C(=O)CCCCC)cc(c1OCCCOC(=O)/C=C\C(=O)OCC)Cc1cc(C(=O)CCCCC)cc(c1OCCCOC(=O)/C=C\C(=O)OCC)C2. The quantitative estimate of drug-likeness (QED) is 0.0115. The number of hydrogen-bond donors (Lipinski definition) is 0. The highest BCUT2D eigenvalue weighted by Crippen LogP contribution is 2.42. The molecular formula is C85H108O22. The second kappa shape index (κ2) is 49.7. The van der Waals surface area contributed by atoms with Crippen LogP contribution in [0.3, 0.4) is 0 Å². The molecule has 22 heteroatoms. The molecule has 4 aromatic carbocycles. The summed E-state index contributed by atoms with van der Waals surface area (Å²) < 4.78 is 64.6. The van der Waals surface area contributed by atoms with E-state index in [1.54, 1.807) is 69.3 Å². The number of ether oxygens (including phenoxy) is 11. The smallest absolute Gasteiger partial charge is 0.331 e. The van der Waals surface area contributed by atoms with Crippen molar-refractivity contribution >= 4 is 64.9 Å². The Hall–Kier alpha value is -9.99. The topological polar surface area (TPSA) is 289 Å². The first kappa shape index (κ1) is 87.6. The summed E-state index contributed by atoms with van der Waals surface area (Å²) in [6.45, 7) is 16.3. The Kier molecular flexibility index (Phi) is 40.7. The van der Waals surface area contributed by atoms with Gasteiger partial charge in [0.2, 0.25) is 0 Å². The summed E-state index contributed by atoms with van der Waals surface area (Å²) in [5, 5.41) is 0. The van der Waals surface area contributed by atoms with Crippen LogP contribution in [0.1, 0.15) is 263 Å². The number of ketones is 4. The lowest BCUT2D eigenvalue weighted by Gasteiger charge is -2.25. The minimum atomic E-state index is -0.794. The fourth-order valence-electron chi connectivity index (χ4n) is 11.8. The number of fused-ring (bicyclic) bond motifs is 8. The van der Waals surface area contributed by atoms with Crippen LogP contribution in [0.15, 0.2) is 97.6 Å². The van der Waals surface area contributed by atoms with Gasteiger partial charge in [0.25, 0.3) is 0 Å². The molecule has 22 nitrogen and oxygen atoms in total. The van der Waals surface area contributed by atoms with Gasteiger partial charge < -0.3 is 52.1 Å². The number of carbonyl (C=O) groups excluding carboxylic acids is 11. The van der Waals surface area contributed by atoms with Crippen molar-refractivity contribution in [2.24, 2.45) is 0 Å². The lowest BCUT2D eigenvalue weighted by atomic mass is 9.86. The Bertz CT molecular complexity index is 3580. The fourth-order valence-corrected chi connectivity index (χ4v) is 11.8. The van der Waals surface area contributed by atoms with Crippen molar-refractivity contribution in [2.75, 3.05) is 72.7 Å². The van der Waals surface area contributed by atoms with E-state index in [9.17, 15) is 52.7 Å². The third-order valence-corrected chi connectivity index (χ3v) is 17.0. The van der Waals surface area contributed by atoms with Gasteiger partial charge in [-0.1, -0.05) is 85.6 Å². The van der Waals surface area contributed by atoms with Crippen LogP contribution in [0.4, 0.5) is 0 Å². The van der Waals surface area contributed by atoms with Crippen molar-refractivity contribution in [1.82, 2.24) is 0 Å². The van der Waals surface area contributed by atoms with Gasteiger partial charge in [0.05, 0.1) is 72.7 Å². The molecule has 0 spiro atoms. The van der Waals surface area contributed by atoms with Crippen molar-refractivity contribution in [2.45, 2.75) is 203 Å². The van der Waals surface area contributed by atoms with Crippen molar-refractivity contribution in [1.29, 1.82) is 0 Å². The summed E-state index contributed by atoms with van der Waals surface area (Å²) >= 11 is 0. The van der Waals surface area contributed by atoms with Crippen LogP contribution in [0.2, 0.25) is 0 Å². The highest BCUT2D eigenvalue weighted by molar-refractivity contribution is 6.00. The molecule has 0 heterocycles. The number of carbonyl (C=O) groups is 11. The van der Waals surface area contributed by atoms with Gasteiger partial charge in [-0.25, -0.2) is 33.6 Å².